The highest BCUT2D eigenvalue weighted by Crippen LogP contribution is 2.21. The highest BCUT2D eigenvalue weighted by Gasteiger charge is 2.33. The van der Waals surface area contributed by atoms with E-state index in [1.165, 1.54) is 22.9 Å². The molecule has 3 amide bonds. The minimum absolute atomic E-state index is 0.166. The fraction of sp³-hybridized carbons (Fsp3) is 0.368. The SMILES string of the molecule is CNC(=O)C1CCCN1C(=O)CNC(=O)c1cnc(SC)n1-c1ccccc1. The van der Waals surface area contributed by atoms with Gasteiger partial charge in [0.2, 0.25) is 11.8 Å². The number of carbonyl (C=O) groups excluding carboxylic acids is 3. The second kappa shape index (κ2) is 8.92. The maximum Gasteiger partial charge on any atom is 0.270 e. The van der Waals surface area contributed by atoms with Crippen molar-refractivity contribution in [3.8, 4) is 5.69 Å². The smallest absolute Gasteiger partial charge is 0.270 e. The van der Waals surface area contributed by atoms with E-state index in [1.807, 2.05) is 36.6 Å². The molecule has 0 spiro atoms. The molecule has 0 bridgehead atoms. The number of para-hydroxylation sites is 1. The van der Waals surface area contributed by atoms with Crippen LogP contribution in [0.1, 0.15) is 23.3 Å². The van der Waals surface area contributed by atoms with Gasteiger partial charge in [0.05, 0.1) is 12.7 Å². The standard InChI is InChI=1S/C19H23N5O3S/c1-20-17(26)14-9-6-10-23(14)16(25)12-21-18(27)15-11-22-19(28-2)24(15)13-7-4-3-5-8-13/h3-5,7-8,11,14H,6,9-10,12H2,1-2H3,(H,20,26)(H,21,27). The van der Waals surface area contributed by atoms with Gasteiger partial charge in [-0.1, -0.05) is 30.0 Å². The molecule has 0 aliphatic carbocycles. The van der Waals surface area contributed by atoms with Gasteiger partial charge in [0, 0.05) is 19.3 Å². The molecule has 1 saturated heterocycles. The maximum absolute atomic E-state index is 12.7. The molecule has 1 aliphatic rings. The predicted octanol–water partition coefficient (Wildman–Crippen LogP) is 1.06. The third-order valence-corrected chi connectivity index (χ3v) is 5.33. The lowest BCUT2D eigenvalue weighted by atomic mass is 10.2. The number of likely N-dealkylation sites (N-methyl/N-ethyl adjacent to an activating group) is 1. The van der Waals surface area contributed by atoms with E-state index in [9.17, 15) is 14.4 Å². The number of rotatable bonds is 6. The highest BCUT2D eigenvalue weighted by atomic mass is 32.2. The Labute approximate surface area is 167 Å². The number of hydrogen-bond donors (Lipinski definition) is 2. The molecule has 1 aliphatic heterocycles. The summed E-state index contributed by atoms with van der Waals surface area (Å²) in [6, 6.07) is 8.99. The third-order valence-electron chi connectivity index (χ3n) is 4.68. The van der Waals surface area contributed by atoms with Crippen molar-refractivity contribution in [1.29, 1.82) is 0 Å². The van der Waals surface area contributed by atoms with Gasteiger partial charge in [0.1, 0.15) is 11.7 Å². The predicted molar refractivity (Wildman–Crippen MR) is 106 cm³/mol. The molecule has 1 fully saturated rings. The number of nitrogens with one attached hydrogen (secondary N) is 2. The molecule has 1 aromatic heterocycles. The molecule has 2 heterocycles. The Bertz CT molecular complexity index is 868. The summed E-state index contributed by atoms with van der Waals surface area (Å²) in [7, 11) is 1.55. The first-order valence-electron chi connectivity index (χ1n) is 9.03. The van der Waals surface area contributed by atoms with Gasteiger partial charge < -0.3 is 15.5 Å². The van der Waals surface area contributed by atoms with Crippen LogP contribution >= 0.6 is 11.8 Å². The van der Waals surface area contributed by atoms with E-state index in [-0.39, 0.29) is 24.3 Å². The van der Waals surface area contributed by atoms with Crippen LogP contribution in [0.5, 0.6) is 0 Å². The monoisotopic (exact) mass is 401 g/mol. The van der Waals surface area contributed by atoms with Crippen LogP contribution in [-0.4, -0.2) is 64.6 Å². The van der Waals surface area contributed by atoms with E-state index in [4.69, 9.17) is 0 Å². The van der Waals surface area contributed by atoms with Crippen molar-refractivity contribution < 1.29 is 14.4 Å². The van der Waals surface area contributed by atoms with E-state index < -0.39 is 6.04 Å². The van der Waals surface area contributed by atoms with Crippen molar-refractivity contribution >= 4 is 29.5 Å². The Kier molecular flexibility index (Phi) is 6.35. The van der Waals surface area contributed by atoms with Crippen molar-refractivity contribution in [2.75, 3.05) is 26.4 Å². The van der Waals surface area contributed by atoms with Crippen molar-refractivity contribution in [2.24, 2.45) is 0 Å². The van der Waals surface area contributed by atoms with E-state index in [0.29, 0.717) is 23.8 Å². The van der Waals surface area contributed by atoms with Crippen LogP contribution < -0.4 is 10.6 Å². The van der Waals surface area contributed by atoms with Crippen LogP contribution in [0.15, 0.2) is 41.7 Å². The fourth-order valence-corrected chi connectivity index (χ4v) is 3.86. The lowest BCUT2D eigenvalue weighted by molar-refractivity contribution is -0.137. The van der Waals surface area contributed by atoms with Gasteiger partial charge in [-0.2, -0.15) is 0 Å². The van der Waals surface area contributed by atoms with E-state index >= 15 is 0 Å². The summed E-state index contributed by atoms with van der Waals surface area (Å²) in [5.74, 6) is -0.833. The van der Waals surface area contributed by atoms with Crippen LogP contribution in [-0.2, 0) is 9.59 Å². The molecule has 1 unspecified atom stereocenters. The first-order valence-corrected chi connectivity index (χ1v) is 10.3. The largest absolute Gasteiger partial charge is 0.357 e. The highest BCUT2D eigenvalue weighted by molar-refractivity contribution is 7.98. The number of amides is 3. The number of aromatic nitrogens is 2. The lowest BCUT2D eigenvalue weighted by Gasteiger charge is -2.23. The number of benzene rings is 1. The second-order valence-electron chi connectivity index (χ2n) is 6.34. The summed E-state index contributed by atoms with van der Waals surface area (Å²) in [4.78, 5) is 43.0. The quantitative estimate of drug-likeness (QED) is 0.706. The van der Waals surface area contributed by atoms with E-state index in [1.54, 1.807) is 11.6 Å². The Balaban J connectivity index is 1.71. The zero-order chi connectivity index (χ0) is 20.1. The molecule has 148 valence electrons. The molecule has 8 nitrogen and oxygen atoms in total. The van der Waals surface area contributed by atoms with Crippen LogP contribution in [0, 0.1) is 0 Å². The minimum Gasteiger partial charge on any atom is -0.357 e. The average Bonchev–Trinajstić information content (AvgIpc) is 3.38. The molecule has 0 saturated carbocycles. The van der Waals surface area contributed by atoms with Gasteiger partial charge in [-0.05, 0) is 31.2 Å². The molecule has 3 rings (SSSR count). The molecule has 2 aromatic rings. The first kappa shape index (κ1) is 19.9. The summed E-state index contributed by atoms with van der Waals surface area (Å²) in [6.07, 6.45) is 4.80. The summed E-state index contributed by atoms with van der Waals surface area (Å²) in [6.45, 7) is 0.353. The summed E-state index contributed by atoms with van der Waals surface area (Å²) >= 11 is 1.43. The summed E-state index contributed by atoms with van der Waals surface area (Å²) < 4.78 is 1.76. The average molecular weight is 401 g/mol. The zero-order valence-electron chi connectivity index (χ0n) is 15.8. The van der Waals surface area contributed by atoms with Gasteiger partial charge in [-0.3, -0.25) is 19.0 Å². The topological polar surface area (TPSA) is 96.3 Å². The molecule has 2 N–H and O–H groups in total. The summed E-state index contributed by atoms with van der Waals surface area (Å²) in [5.41, 5.74) is 1.17. The van der Waals surface area contributed by atoms with Gasteiger partial charge in [0.15, 0.2) is 5.16 Å². The number of thioether (sulfide) groups is 1. The number of likely N-dealkylation sites (tertiary alicyclic amines) is 1. The Hall–Kier alpha value is -2.81. The molecular weight excluding hydrogens is 378 g/mol. The summed E-state index contributed by atoms with van der Waals surface area (Å²) in [5, 5.41) is 5.93. The van der Waals surface area contributed by atoms with Gasteiger partial charge >= 0.3 is 0 Å². The normalized spacial score (nSPS) is 16.1. The molecule has 1 atom stereocenters. The molecule has 9 heteroatoms. The van der Waals surface area contributed by atoms with Crippen molar-refractivity contribution in [3.05, 3.63) is 42.2 Å². The third kappa shape index (κ3) is 4.04. The van der Waals surface area contributed by atoms with Crippen molar-refractivity contribution in [1.82, 2.24) is 25.1 Å². The van der Waals surface area contributed by atoms with Crippen molar-refractivity contribution in [2.45, 2.75) is 24.0 Å². The number of carbonyl (C=O) groups is 3. The van der Waals surface area contributed by atoms with Crippen molar-refractivity contribution in [3.63, 3.8) is 0 Å². The Morgan fingerprint density at radius 2 is 2.00 bits per heavy atom. The first-order chi connectivity index (χ1) is 13.6. The van der Waals surface area contributed by atoms with Gasteiger partial charge in [-0.25, -0.2) is 4.98 Å². The van der Waals surface area contributed by atoms with E-state index in [0.717, 1.165) is 12.1 Å². The van der Waals surface area contributed by atoms with Gasteiger partial charge in [0.25, 0.3) is 5.91 Å². The van der Waals surface area contributed by atoms with Crippen LogP contribution in [0.3, 0.4) is 0 Å². The molecular formula is C19H23N5O3S. The molecule has 0 radical (unpaired) electrons. The number of nitrogens with zero attached hydrogens (tertiary/aromatic N) is 3. The molecule has 1 aromatic carbocycles. The maximum atomic E-state index is 12.7. The van der Waals surface area contributed by atoms with E-state index in [2.05, 4.69) is 15.6 Å². The van der Waals surface area contributed by atoms with Gasteiger partial charge in [-0.15, -0.1) is 0 Å². The lowest BCUT2D eigenvalue weighted by Crippen LogP contribution is -2.48. The van der Waals surface area contributed by atoms with Crippen LogP contribution in [0.25, 0.3) is 5.69 Å². The Morgan fingerprint density at radius 3 is 2.68 bits per heavy atom. The fourth-order valence-electron chi connectivity index (χ4n) is 3.32. The minimum atomic E-state index is -0.465. The second-order valence-corrected chi connectivity index (χ2v) is 7.12. The van der Waals surface area contributed by atoms with Crippen LogP contribution in [0.4, 0.5) is 0 Å². The number of hydrogen-bond acceptors (Lipinski definition) is 5. The Morgan fingerprint density at radius 1 is 1.25 bits per heavy atom. The van der Waals surface area contributed by atoms with Crippen LogP contribution in [0.2, 0.25) is 0 Å². The number of imidazole rings is 1. The molecule has 28 heavy (non-hydrogen) atoms. The zero-order valence-corrected chi connectivity index (χ0v) is 16.7.